The summed E-state index contributed by atoms with van der Waals surface area (Å²) < 4.78 is 13.7. The molecule has 2 aromatic rings. The van der Waals surface area contributed by atoms with E-state index in [9.17, 15) is 9.18 Å². The van der Waals surface area contributed by atoms with E-state index in [1.54, 1.807) is 0 Å². The summed E-state index contributed by atoms with van der Waals surface area (Å²) in [5.41, 5.74) is 6.34. The van der Waals surface area contributed by atoms with E-state index in [2.05, 4.69) is 10.3 Å². The third kappa shape index (κ3) is 3.62. The predicted octanol–water partition coefficient (Wildman–Crippen LogP) is 3.18. The molecule has 3 N–H and O–H groups in total. The number of rotatable bonds is 4. The van der Waals surface area contributed by atoms with Crippen molar-refractivity contribution in [1.29, 1.82) is 0 Å². The van der Waals surface area contributed by atoms with Crippen molar-refractivity contribution in [3.63, 3.8) is 0 Å². The molecule has 2 rings (SSSR count). The van der Waals surface area contributed by atoms with Crippen LogP contribution in [0.15, 0.2) is 18.2 Å². The second-order valence-corrected chi connectivity index (χ2v) is 6.44. The van der Waals surface area contributed by atoms with Gasteiger partial charge in [-0.3, -0.25) is 4.79 Å². The van der Waals surface area contributed by atoms with Crippen LogP contribution in [0.1, 0.15) is 16.6 Å². The number of nitrogen functional groups attached to an aromatic ring is 1. The largest absolute Gasteiger partial charge is 0.382 e. The Kier molecular flexibility index (Phi) is 4.99. The number of carbonyl (C=O) groups is 1. The molecule has 1 aromatic heterocycles. The molecule has 0 radical (unpaired) electrons. The molecule has 0 saturated carbocycles. The van der Waals surface area contributed by atoms with Gasteiger partial charge in [0.05, 0.1) is 5.69 Å². The first kappa shape index (κ1) is 16.0. The van der Waals surface area contributed by atoms with E-state index in [1.165, 1.54) is 29.5 Å². The molecule has 0 spiro atoms. The number of benzene rings is 1. The molecule has 112 valence electrons. The van der Waals surface area contributed by atoms with E-state index in [0.29, 0.717) is 19.3 Å². The maximum Gasteiger partial charge on any atom is 0.269 e. The van der Waals surface area contributed by atoms with Gasteiger partial charge in [0.15, 0.2) is 5.13 Å². The summed E-state index contributed by atoms with van der Waals surface area (Å²) >= 11 is 3.19. The van der Waals surface area contributed by atoms with E-state index in [1.807, 2.05) is 41.5 Å². The summed E-state index contributed by atoms with van der Waals surface area (Å²) in [4.78, 5) is 18.7. The quantitative estimate of drug-likeness (QED) is 0.746. The minimum absolute atomic E-state index is 0.199. The van der Waals surface area contributed by atoms with Crippen molar-refractivity contribution < 1.29 is 9.18 Å². The normalized spacial score (nSPS) is 10.5. The highest BCUT2D eigenvalue weighted by Crippen LogP contribution is 2.28. The molecular weight excluding hydrogens is 406 g/mol. The van der Waals surface area contributed by atoms with Gasteiger partial charge < -0.3 is 16.0 Å². The molecule has 0 atom stereocenters. The zero-order chi connectivity index (χ0) is 15.6. The van der Waals surface area contributed by atoms with E-state index in [4.69, 9.17) is 5.73 Å². The van der Waals surface area contributed by atoms with Crippen LogP contribution in [-0.4, -0.2) is 24.5 Å². The SMILES string of the molecule is CCN(C)c1nc(N)c(C(=O)Nc2ccc(F)cc2I)s1. The fourth-order valence-electron chi connectivity index (χ4n) is 1.55. The molecule has 8 heteroatoms. The lowest BCUT2D eigenvalue weighted by atomic mass is 10.3. The summed E-state index contributed by atoms with van der Waals surface area (Å²) in [6.07, 6.45) is 0. The number of anilines is 3. The highest BCUT2D eigenvalue weighted by Gasteiger charge is 2.18. The zero-order valence-electron chi connectivity index (χ0n) is 11.5. The van der Waals surface area contributed by atoms with Gasteiger partial charge in [-0.15, -0.1) is 0 Å². The van der Waals surface area contributed by atoms with Gasteiger partial charge in [0.25, 0.3) is 5.91 Å². The number of nitrogens with one attached hydrogen (secondary N) is 1. The van der Waals surface area contributed by atoms with Crippen LogP contribution < -0.4 is 16.0 Å². The Morgan fingerprint density at radius 2 is 2.29 bits per heavy atom. The van der Waals surface area contributed by atoms with Gasteiger partial charge >= 0.3 is 0 Å². The molecule has 0 saturated heterocycles. The van der Waals surface area contributed by atoms with Crippen molar-refractivity contribution in [3.8, 4) is 0 Å². The van der Waals surface area contributed by atoms with Crippen molar-refractivity contribution >= 4 is 56.5 Å². The number of hydrogen-bond donors (Lipinski definition) is 2. The van der Waals surface area contributed by atoms with Crippen molar-refractivity contribution in [3.05, 3.63) is 32.5 Å². The Morgan fingerprint density at radius 1 is 1.57 bits per heavy atom. The number of amides is 1. The Balaban J connectivity index is 2.22. The fraction of sp³-hybridized carbons (Fsp3) is 0.231. The van der Waals surface area contributed by atoms with Gasteiger partial charge in [-0.05, 0) is 47.7 Å². The number of hydrogen-bond acceptors (Lipinski definition) is 5. The lowest BCUT2D eigenvalue weighted by Crippen LogP contribution is -2.15. The number of nitrogens with two attached hydrogens (primary N) is 1. The van der Waals surface area contributed by atoms with Gasteiger partial charge in [-0.25, -0.2) is 9.37 Å². The lowest BCUT2D eigenvalue weighted by Gasteiger charge is -2.11. The maximum atomic E-state index is 13.1. The van der Waals surface area contributed by atoms with Gasteiger partial charge in [0.2, 0.25) is 0 Å². The van der Waals surface area contributed by atoms with E-state index in [-0.39, 0.29) is 17.5 Å². The smallest absolute Gasteiger partial charge is 0.269 e. The first-order valence-electron chi connectivity index (χ1n) is 6.16. The summed E-state index contributed by atoms with van der Waals surface area (Å²) in [6.45, 7) is 2.75. The van der Waals surface area contributed by atoms with Crippen LogP contribution in [0, 0.1) is 9.39 Å². The Hall–Kier alpha value is -1.42. The lowest BCUT2D eigenvalue weighted by molar-refractivity contribution is 0.103. The fourth-order valence-corrected chi connectivity index (χ4v) is 3.07. The number of nitrogens with zero attached hydrogens (tertiary/aromatic N) is 2. The summed E-state index contributed by atoms with van der Waals surface area (Å²) in [7, 11) is 1.88. The van der Waals surface area contributed by atoms with E-state index < -0.39 is 0 Å². The first-order chi connectivity index (χ1) is 9.92. The molecule has 0 aliphatic carbocycles. The van der Waals surface area contributed by atoms with Crippen LogP contribution in [0.5, 0.6) is 0 Å². The van der Waals surface area contributed by atoms with Crippen molar-refractivity contribution in [2.24, 2.45) is 0 Å². The molecule has 21 heavy (non-hydrogen) atoms. The van der Waals surface area contributed by atoms with E-state index >= 15 is 0 Å². The second kappa shape index (κ2) is 6.56. The Morgan fingerprint density at radius 3 is 2.90 bits per heavy atom. The summed E-state index contributed by atoms with van der Waals surface area (Å²) in [5.74, 6) is -0.489. The third-order valence-corrected chi connectivity index (χ3v) is 4.91. The van der Waals surface area contributed by atoms with Crippen LogP contribution in [0.4, 0.5) is 21.0 Å². The average molecular weight is 420 g/mol. The molecule has 0 bridgehead atoms. The van der Waals surface area contributed by atoms with Gasteiger partial charge in [-0.2, -0.15) is 0 Å². The van der Waals surface area contributed by atoms with Gasteiger partial charge in [-0.1, -0.05) is 11.3 Å². The molecule has 0 unspecified atom stereocenters. The molecule has 1 amide bonds. The molecular formula is C13H14FIN4OS. The van der Waals surface area contributed by atoms with Crippen LogP contribution >= 0.6 is 33.9 Å². The molecule has 5 nitrogen and oxygen atoms in total. The first-order valence-corrected chi connectivity index (χ1v) is 8.05. The summed E-state index contributed by atoms with van der Waals surface area (Å²) in [6, 6.07) is 4.16. The van der Waals surface area contributed by atoms with Crippen molar-refractivity contribution in [2.75, 3.05) is 29.5 Å². The van der Waals surface area contributed by atoms with E-state index in [0.717, 1.165) is 6.54 Å². The highest BCUT2D eigenvalue weighted by molar-refractivity contribution is 14.1. The Bertz CT molecular complexity index is 676. The monoisotopic (exact) mass is 420 g/mol. The minimum Gasteiger partial charge on any atom is -0.382 e. The number of aromatic nitrogens is 1. The van der Waals surface area contributed by atoms with Crippen LogP contribution in [0.2, 0.25) is 0 Å². The molecule has 0 fully saturated rings. The minimum atomic E-state index is -0.346. The predicted molar refractivity (Wildman–Crippen MR) is 92.5 cm³/mol. The van der Waals surface area contributed by atoms with Crippen molar-refractivity contribution in [1.82, 2.24) is 4.98 Å². The topological polar surface area (TPSA) is 71.2 Å². The van der Waals surface area contributed by atoms with Crippen LogP contribution in [-0.2, 0) is 0 Å². The third-order valence-electron chi connectivity index (χ3n) is 2.83. The van der Waals surface area contributed by atoms with Crippen LogP contribution in [0.3, 0.4) is 0 Å². The van der Waals surface area contributed by atoms with Crippen LogP contribution in [0.25, 0.3) is 0 Å². The Labute approximate surface area is 139 Å². The van der Waals surface area contributed by atoms with Gasteiger partial charge in [0.1, 0.15) is 16.5 Å². The van der Waals surface area contributed by atoms with Gasteiger partial charge in [0, 0.05) is 17.2 Å². The number of halogens is 2. The molecule has 0 aliphatic heterocycles. The number of thiazole rings is 1. The molecule has 1 heterocycles. The standard InChI is InChI=1S/C13H14FIN4OS/c1-3-19(2)13-18-11(16)10(21-13)12(20)17-9-5-4-7(14)6-8(9)15/h4-6H,3,16H2,1-2H3,(H,17,20). The average Bonchev–Trinajstić information content (AvgIpc) is 2.83. The molecule has 1 aromatic carbocycles. The zero-order valence-corrected chi connectivity index (χ0v) is 14.5. The maximum absolute atomic E-state index is 13.1. The summed E-state index contributed by atoms with van der Waals surface area (Å²) in [5, 5.41) is 3.41. The molecule has 0 aliphatic rings. The number of carbonyl (C=O) groups excluding carboxylic acids is 1. The second-order valence-electron chi connectivity index (χ2n) is 4.30. The highest BCUT2D eigenvalue weighted by atomic mass is 127. The van der Waals surface area contributed by atoms with Crippen molar-refractivity contribution in [2.45, 2.75) is 6.92 Å².